The fraction of sp³-hybridized carbons (Fsp3) is 0.533. The maximum Gasteiger partial charge on any atom is 0.412 e. The van der Waals surface area contributed by atoms with Crippen LogP contribution >= 0.6 is 0 Å². The number of carbonyl (C=O) groups excluding carboxylic acids is 1. The Morgan fingerprint density at radius 1 is 1.37 bits per heavy atom. The largest absolute Gasteiger partial charge is 0.444 e. The number of nitrogens with one attached hydrogen (secondary N) is 1. The van der Waals surface area contributed by atoms with E-state index in [9.17, 15) is 4.79 Å². The highest BCUT2D eigenvalue weighted by atomic mass is 16.6. The van der Waals surface area contributed by atoms with Crippen LogP contribution in [0.1, 0.15) is 44.7 Å². The van der Waals surface area contributed by atoms with Crippen LogP contribution in [-0.4, -0.2) is 11.7 Å². The second-order valence-electron chi connectivity index (χ2n) is 6.31. The zero-order valence-electron chi connectivity index (χ0n) is 12.0. The highest BCUT2D eigenvalue weighted by Gasteiger charge is 2.40. The van der Waals surface area contributed by atoms with Crippen molar-refractivity contribution in [1.82, 2.24) is 0 Å². The third-order valence-corrected chi connectivity index (χ3v) is 3.23. The molecule has 1 aliphatic rings. The summed E-state index contributed by atoms with van der Waals surface area (Å²) in [6.07, 6.45) is 1.63. The highest BCUT2D eigenvalue weighted by Crippen LogP contribution is 2.43. The number of nitrogens with two attached hydrogens (primary N) is 1. The van der Waals surface area contributed by atoms with Gasteiger partial charge in [0.2, 0.25) is 0 Å². The number of benzene rings is 1. The predicted molar refractivity (Wildman–Crippen MR) is 76.1 cm³/mol. The van der Waals surface area contributed by atoms with Crippen molar-refractivity contribution in [2.24, 2.45) is 5.73 Å². The molecule has 0 heterocycles. The van der Waals surface area contributed by atoms with Gasteiger partial charge in [-0.3, -0.25) is 5.32 Å². The van der Waals surface area contributed by atoms with Gasteiger partial charge in [0.25, 0.3) is 0 Å². The number of hydrogen-bond acceptors (Lipinski definition) is 3. The van der Waals surface area contributed by atoms with Crippen molar-refractivity contribution in [3.8, 4) is 0 Å². The molecule has 1 saturated carbocycles. The average molecular weight is 262 g/mol. The molecule has 2 rings (SSSR count). The summed E-state index contributed by atoms with van der Waals surface area (Å²) in [5.74, 6) is 0. The van der Waals surface area contributed by atoms with Gasteiger partial charge < -0.3 is 10.5 Å². The minimum absolute atomic E-state index is 0.144. The molecule has 1 aromatic carbocycles. The molecule has 3 N–H and O–H groups in total. The van der Waals surface area contributed by atoms with Crippen molar-refractivity contribution in [3.63, 3.8) is 0 Å². The van der Waals surface area contributed by atoms with Crippen LogP contribution in [0.4, 0.5) is 10.5 Å². The van der Waals surface area contributed by atoms with Gasteiger partial charge >= 0.3 is 6.09 Å². The van der Waals surface area contributed by atoms with Crippen molar-refractivity contribution in [2.75, 3.05) is 5.32 Å². The standard InChI is InChI=1S/C15H22N2O2/c1-10-9-11(15(16)7-8-15)5-6-12(10)17-13(18)19-14(2,3)4/h5-6,9H,7-8,16H2,1-4H3,(H,17,18). The van der Waals surface area contributed by atoms with E-state index >= 15 is 0 Å². The van der Waals surface area contributed by atoms with E-state index in [-0.39, 0.29) is 5.54 Å². The van der Waals surface area contributed by atoms with E-state index in [1.54, 1.807) is 0 Å². The monoisotopic (exact) mass is 262 g/mol. The molecule has 0 atom stereocenters. The summed E-state index contributed by atoms with van der Waals surface area (Å²) < 4.78 is 5.23. The summed E-state index contributed by atoms with van der Waals surface area (Å²) in [5.41, 5.74) is 8.43. The summed E-state index contributed by atoms with van der Waals surface area (Å²) in [7, 11) is 0. The molecule has 0 unspecified atom stereocenters. The molecule has 0 spiro atoms. The maximum absolute atomic E-state index is 11.7. The molecule has 0 radical (unpaired) electrons. The van der Waals surface area contributed by atoms with Crippen molar-refractivity contribution in [2.45, 2.75) is 51.7 Å². The van der Waals surface area contributed by atoms with Crippen LogP contribution in [0.2, 0.25) is 0 Å². The number of ether oxygens (including phenoxy) is 1. The van der Waals surface area contributed by atoms with Gasteiger partial charge in [0, 0.05) is 11.2 Å². The molecule has 1 amide bonds. The quantitative estimate of drug-likeness (QED) is 0.859. The first-order chi connectivity index (χ1) is 8.70. The van der Waals surface area contributed by atoms with Gasteiger partial charge in [-0.25, -0.2) is 4.79 Å². The summed E-state index contributed by atoms with van der Waals surface area (Å²) in [6.45, 7) is 7.48. The fourth-order valence-electron chi connectivity index (χ4n) is 1.95. The SMILES string of the molecule is Cc1cc(C2(N)CC2)ccc1NC(=O)OC(C)(C)C. The van der Waals surface area contributed by atoms with Crippen molar-refractivity contribution < 1.29 is 9.53 Å². The first kappa shape index (κ1) is 13.9. The second-order valence-corrected chi connectivity index (χ2v) is 6.31. The van der Waals surface area contributed by atoms with Crippen LogP contribution in [0.25, 0.3) is 0 Å². The summed E-state index contributed by atoms with van der Waals surface area (Å²) in [5, 5.41) is 2.76. The molecule has 1 aromatic rings. The van der Waals surface area contributed by atoms with Gasteiger partial charge in [0.05, 0.1) is 0 Å². The third-order valence-electron chi connectivity index (χ3n) is 3.23. The number of anilines is 1. The number of amides is 1. The van der Waals surface area contributed by atoms with E-state index in [1.165, 1.54) is 0 Å². The Kier molecular flexibility index (Phi) is 3.31. The normalized spacial score (nSPS) is 16.9. The minimum Gasteiger partial charge on any atom is -0.444 e. The first-order valence-electron chi connectivity index (χ1n) is 6.60. The molecular formula is C15H22N2O2. The van der Waals surface area contributed by atoms with E-state index in [0.29, 0.717) is 0 Å². The number of rotatable bonds is 2. The zero-order chi connectivity index (χ0) is 14.3. The Bertz CT molecular complexity index is 499. The summed E-state index contributed by atoms with van der Waals surface area (Å²) in [4.78, 5) is 11.7. The molecule has 4 heteroatoms. The molecule has 0 saturated heterocycles. The zero-order valence-corrected chi connectivity index (χ0v) is 12.0. The van der Waals surface area contributed by atoms with Gasteiger partial charge in [-0.05, 0) is 57.7 Å². The van der Waals surface area contributed by atoms with Gasteiger partial charge in [0.15, 0.2) is 0 Å². The Labute approximate surface area is 114 Å². The smallest absolute Gasteiger partial charge is 0.412 e. The molecule has 104 valence electrons. The van der Waals surface area contributed by atoms with Gasteiger partial charge in [-0.2, -0.15) is 0 Å². The Morgan fingerprint density at radius 3 is 2.47 bits per heavy atom. The number of carbonyl (C=O) groups is 1. The lowest BCUT2D eigenvalue weighted by molar-refractivity contribution is 0.0636. The fourth-order valence-corrected chi connectivity index (χ4v) is 1.95. The molecule has 0 aliphatic heterocycles. The average Bonchev–Trinajstić information content (AvgIpc) is 2.98. The van der Waals surface area contributed by atoms with E-state index in [4.69, 9.17) is 10.5 Å². The highest BCUT2D eigenvalue weighted by molar-refractivity contribution is 5.86. The summed E-state index contributed by atoms with van der Waals surface area (Å²) >= 11 is 0. The van der Waals surface area contributed by atoms with E-state index in [2.05, 4.69) is 5.32 Å². The predicted octanol–water partition coefficient (Wildman–Crippen LogP) is 3.29. The van der Waals surface area contributed by atoms with Crippen LogP contribution in [0.3, 0.4) is 0 Å². The van der Waals surface area contributed by atoms with E-state index in [0.717, 1.165) is 29.7 Å². The lowest BCUT2D eigenvalue weighted by Crippen LogP contribution is -2.27. The third kappa shape index (κ3) is 3.47. The van der Waals surface area contributed by atoms with Crippen LogP contribution in [-0.2, 0) is 10.3 Å². The Balaban J connectivity index is 2.07. The molecule has 0 aromatic heterocycles. The molecule has 1 aliphatic carbocycles. The Hall–Kier alpha value is -1.55. The lowest BCUT2D eigenvalue weighted by atomic mass is 10.0. The van der Waals surface area contributed by atoms with Gasteiger partial charge in [-0.15, -0.1) is 0 Å². The van der Waals surface area contributed by atoms with Crippen molar-refractivity contribution in [1.29, 1.82) is 0 Å². The van der Waals surface area contributed by atoms with Crippen LogP contribution < -0.4 is 11.1 Å². The van der Waals surface area contributed by atoms with Gasteiger partial charge in [-0.1, -0.05) is 12.1 Å². The molecule has 1 fully saturated rings. The van der Waals surface area contributed by atoms with Crippen LogP contribution in [0, 0.1) is 6.92 Å². The molecule has 19 heavy (non-hydrogen) atoms. The molecular weight excluding hydrogens is 240 g/mol. The minimum atomic E-state index is -0.493. The molecule has 4 nitrogen and oxygen atoms in total. The van der Waals surface area contributed by atoms with Crippen molar-refractivity contribution >= 4 is 11.8 Å². The maximum atomic E-state index is 11.7. The lowest BCUT2D eigenvalue weighted by Gasteiger charge is -2.20. The van der Waals surface area contributed by atoms with E-state index in [1.807, 2.05) is 45.9 Å². The van der Waals surface area contributed by atoms with Crippen LogP contribution in [0.5, 0.6) is 0 Å². The number of hydrogen-bond donors (Lipinski definition) is 2. The second kappa shape index (κ2) is 4.53. The molecule has 0 bridgehead atoms. The van der Waals surface area contributed by atoms with Crippen LogP contribution in [0.15, 0.2) is 18.2 Å². The van der Waals surface area contributed by atoms with Crippen molar-refractivity contribution in [3.05, 3.63) is 29.3 Å². The van der Waals surface area contributed by atoms with E-state index < -0.39 is 11.7 Å². The number of aryl methyl sites for hydroxylation is 1. The van der Waals surface area contributed by atoms with Gasteiger partial charge in [0.1, 0.15) is 5.60 Å². The first-order valence-corrected chi connectivity index (χ1v) is 6.60. The summed E-state index contributed by atoms with van der Waals surface area (Å²) in [6, 6.07) is 5.91. The topological polar surface area (TPSA) is 64.3 Å². The Morgan fingerprint density at radius 2 is 2.00 bits per heavy atom.